The third kappa shape index (κ3) is 6.42. The van der Waals surface area contributed by atoms with Crippen LogP contribution in [0, 0.1) is 0 Å². The quantitative estimate of drug-likeness (QED) is 0.436. The maximum Gasteiger partial charge on any atom is 0.410 e. The second kappa shape index (κ2) is 10.8. The molecule has 1 aliphatic rings. The Kier molecular flexibility index (Phi) is 7.57. The summed E-state index contributed by atoms with van der Waals surface area (Å²) >= 11 is 0. The Balaban J connectivity index is 1.60. The lowest BCUT2D eigenvalue weighted by Gasteiger charge is -2.35. The van der Waals surface area contributed by atoms with Crippen LogP contribution in [0.15, 0.2) is 66.7 Å². The highest BCUT2D eigenvalue weighted by molar-refractivity contribution is 6.13. The maximum atomic E-state index is 13.6. The van der Waals surface area contributed by atoms with Crippen molar-refractivity contribution in [2.24, 2.45) is 0 Å². The standard InChI is InChI=1S/C29H32N4O5/c1-29(2,3)38-28(37)33-14-12-32(13-15-33)27(36)24-11-10-20(19-6-4-9-23(34)16-19)17-25(24)26(35)31-22-8-5-7-21(30)18-22/h4-11,16-18,34H,12-15,30H2,1-3H3,(H,31,35). The molecule has 1 fully saturated rings. The average Bonchev–Trinajstić information content (AvgIpc) is 2.87. The van der Waals surface area contributed by atoms with Gasteiger partial charge in [0.15, 0.2) is 0 Å². The molecule has 4 rings (SSSR count). The first-order valence-corrected chi connectivity index (χ1v) is 12.4. The van der Waals surface area contributed by atoms with Crippen LogP contribution < -0.4 is 11.1 Å². The number of hydrogen-bond donors (Lipinski definition) is 3. The molecule has 3 aromatic carbocycles. The van der Waals surface area contributed by atoms with Gasteiger partial charge in [-0.1, -0.05) is 24.3 Å². The predicted molar refractivity (Wildman–Crippen MR) is 146 cm³/mol. The number of hydrogen-bond acceptors (Lipinski definition) is 6. The van der Waals surface area contributed by atoms with Gasteiger partial charge in [0.25, 0.3) is 11.8 Å². The van der Waals surface area contributed by atoms with Crippen molar-refractivity contribution in [3.63, 3.8) is 0 Å². The highest BCUT2D eigenvalue weighted by atomic mass is 16.6. The molecule has 1 saturated heterocycles. The summed E-state index contributed by atoms with van der Waals surface area (Å²) in [6.45, 7) is 6.69. The summed E-state index contributed by atoms with van der Waals surface area (Å²) in [6, 6.07) is 18.5. The summed E-state index contributed by atoms with van der Waals surface area (Å²) in [7, 11) is 0. The van der Waals surface area contributed by atoms with Gasteiger partial charge in [0.1, 0.15) is 11.4 Å². The van der Waals surface area contributed by atoms with E-state index < -0.39 is 17.6 Å². The van der Waals surface area contributed by atoms with Crippen LogP contribution in [-0.2, 0) is 4.74 Å². The number of phenolic OH excluding ortho intramolecular Hbond substituents is 1. The third-order valence-electron chi connectivity index (χ3n) is 6.04. The van der Waals surface area contributed by atoms with Crippen LogP contribution in [0.1, 0.15) is 41.5 Å². The number of amides is 3. The molecule has 0 unspecified atom stereocenters. The highest BCUT2D eigenvalue weighted by Crippen LogP contribution is 2.27. The number of nitrogens with two attached hydrogens (primary N) is 1. The number of ether oxygens (including phenoxy) is 1. The Hall–Kier alpha value is -4.53. The molecular formula is C29H32N4O5. The number of carbonyl (C=O) groups excluding carboxylic acids is 3. The van der Waals surface area contributed by atoms with Gasteiger partial charge in [-0.3, -0.25) is 9.59 Å². The normalized spacial score (nSPS) is 13.7. The zero-order valence-electron chi connectivity index (χ0n) is 21.7. The Labute approximate surface area is 221 Å². The van der Waals surface area contributed by atoms with Crippen molar-refractivity contribution in [3.8, 4) is 16.9 Å². The van der Waals surface area contributed by atoms with Gasteiger partial charge in [-0.25, -0.2) is 4.79 Å². The van der Waals surface area contributed by atoms with E-state index in [0.717, 1.165) is 0 Å². The van der Waals surface area contributed by atoms with E-state index in [-0.39, 0.29) is 22.8 Å². The van der Waals surface area contributed by atoms with Crippen molar-refractivity contribution >= 4 is 29.3 Å². The van der Waals surface area contributed by atoms with Gasteiger partial charge in [0.05, 0.1) is 11.1 Å². The van der Waals surface area contributed by atoms with Crippen molar-refractivity contribution in [3.05, 3.63) is 77.9 Å². The summed E-state index contributed by atoms with van der Waals surface area (Å²) in [4.78, 5) is 42.6. The molecule has 4 N–H and O–H groups in total. The second-order valence-corrected chi connectivity index (χ2v) is 10.1. The summed E-state index contributed by atoms with van der Waals surface area (Å²) in [6.07, 6.45) is -0.415. The van der Waals surface area contributed by atoms with Crippen molar-refractivity contribution in [2.75, 3.05) is 37.2 Å². The molecule has 9 nitrogen and oxygen atoms in total. The van der Waals surface area contributed by atoms with Crippen LogP contribution in [0.2, 0.25) is 0 Å². The number of nitrogen functional groups attached to an aromatic ring is 1. The van der Waals surface area contributed by atoms with Crippen molar-refractivity contribution in [1.29, 1.82) is 0 Å². The van der Waals surface area contributed by atoms with E-state index in [0.29, 0.717) is 48.7 Å². The van der Waals surface area contributed by atoms with Crippen molar-refractivity contribution < 1.29 is 24.2 Å². The Morgan fingerprint density at radius 2 is 1.50 bits per heavy atom. The van der Waals surface area contributed by atoms with Gasteiger partial charge >= 0.3 is 6.09 Å². The third-order valence-corrected chi connectivity index (χ3v) is 6.04. The first kappa shape index (κ1) is 26.5. The zero-order valence-corrected chi connectivity index (χ0v) is 21.7. The van der Waals surface area contributed by atoms with E-state index >= 15 is 0 Å². The van der Waals surface area contributed by atoms with Gasteiger partial charge in [0, 0.05) is 37.6 Å². The van der Waals surface area contributed by atoms with Crippen molar-refractivity contribution in [2.45, 2.75) is 26.4 Å². The van der Waals surface area contributed by atoms with Crippen LogP contribution in [0.3, 0.4) is 0 Å². The first-order valence-electron chi connectivity index (χ1n) is 12.4. The monoisotopic (exact) mass is 516 g/mol. The van der Waals surface area contributed by atoms with E-state index in [9.17, 15) is 19.5 Å². The van der Waals surface area contributed by atoms with Gasteiger partial charge in [0.2, 0.25) is 0 Å². The lowest BCUT2D eigenvalue weighted by Crippen LogP contribution is -2.51. The minimum atomic E-state index is -0.604. The molecule has 1 aliphatic heterocycles. The Morgan fingerprint density at radius 3 is 2.16 bits per heavy atom. The summed E-state index contributed by atoms with van der Waals surface area (Å²) in [5.41, 5.74) is 8.05. The van der Waals surface area contributed by atoms with E-state index in [4.69, 9.17) is 10.5 Å². The number of phenols is 1. The Morgan fingerprint density at radius 1 is 0.842 bits per heavy atom. The average molecular weight is 517 g/mol. The number of nitrogens with one attached hydrogen (secondary N) is 1. The van der Waals surface area contributed by atoms with Crippen LogP contribution in [0.5, 0.6) is 5.75 Å². The lowest BCUT2D eigenvalue weighted by atomic mass is 9.97. The fourth-order valence-electron chi connectivity index (χ4n) is 4.19. The molecule has 0 saturated carbocycles. The number of carbonyl (C=O) groups is 3. The second-order valence-electron chi connectivity index (χ2n) is 10.1. The highest BCUT2D eigenvalue weighted by Gasteiger charge is 2.30. The number of aromatic hydroxyl groups is 1. The molecule has 198 valence electrons. The molecule has 0 atom stereocenters. The van der Waals surface area contributed by atoms with E-state index in [1.54, 1.807) is 70.5 Å². The molecule has 1 heterocycles. The summed E-state index contributed by atoms with van der Waals surface area (Å²) < 4.78 is 5.44. The van der Waals surface area contributed by atoms with Crippen LogP contribution in [0.4, 0.5) is 16.2 Å². The molecule has 9 heteroatoms. The van der Waals surface area contributed by atoms with Crippen LogP contribution in [-0.4, -0.2) is 64.6 Å². The number of piperazine rings is 1. The number of benzene rings is 3. The zero-order chi connectivity index (χ0) is 27.4. The molecular weight excluding hydrogens is 484 g/mol. The van der Waals surface area contributed by atoms with E-state index in [1.165, 1.54) is 0 Å². The summed E-state index contributed by atoms with van der Waals surface area (Å²) in [5.74, 6) is -0.682. The van der Waals surface area contributed by atoms with Crippen LogP contribution in [0.25, 0.3) is 11.1 Å². The molecule has 0 aromatic heterocycles. The van der Waals surface area contributed by atoms with Gasteiger partial charge in [-0.2, -0.15) is 0 Å². The number of nitrogens with zero attached hydrogens (tertiary/aromatic N) is 2. The minimum absolute atomic E-state index is 0.0938. The Bertz CT molecular complexity index is 1360. The van der Waals surface area contributed by atoms with Crippen molar-refractivity contribution in [1.82, 2.24) is 9.80 Å². The van der Waals surface area contributed by atoms with Gasteiger partial charge in [-0.15, -0.1) is 0 Å². The SMILES string of the molecule is CC(C)(C)OC(=O)N1CCN(C(=O)c2ccc(-c3cccc(O)c3)cc2C(=O)Nc2cccc(N)c2)CC1. The fraction of sp³-hybridized carbons (Fsp3) is 0.276. The summed E-state index contributed by atoms with van der Waals surface area (Å²) in [5, 5.41) is 12.7. The molecule has 0 aliphatic carbocycles. The smallest absolute Gasteiger partial charge is 0.410 e. The maximum absolute atomic E-state index is 13.6. The van der Waals surface area contributed by atoms with E-state index in [2.05, 4.69) is 5.32 Å². The largest absolute Gasteiger partial charge is 0.508 e. The number of anilines is 2. The first-order chi connectivity index (χ1) is 18.0. The topological polar surface area (TPSA) is 125 Å². The molecule has 0 radical (unpaired) electrons. The molecule has 0 bridgehead atoms. The van der Waals surface area contributed by atoms with Gasteiger partial charge < -0.3 is 30.7 Å². The molecule has 3 aromatic rings. The molecule has 38 heavy (non-hydrogen) atoms. The minimum Gasteiger partial charge on any atom is -0.508 e. The van der Waals surface area contributed by atoms with E-state index in [1.807, 2.05) is 26.8 Å². The molecule has 0 spiro atoms. The fourth-order valence-corrected chi connectivity index (χ4v) is 4.19. The van der Waals surface area contributed by atoms with Crippen LogP contribution >= 0.6 is 0 Å². The lowest BCUT2D eigenvalue weighted by molar-refractivity contribution is 0.0141. The predicted octanol–water partition coefficient (Wildman–Crippen LogP) is 4.59. The number of rotatable bonds is 4. The molecule has 3 amide bonds. The van der Waals surface area contributed by atoms with Gasteiger partial charge in [-0.05, 0) is 74.4 Å².